The van der Waals surface area contributed by atoms with Crippen molar-refractivity contribution in [1.82, 2.24) is 4.90 Å². The molecule has 0 saturated carbocycles. The third-order valence-electron chi connectivity index (χ3n) is 5.19. The van der Waals surface area contributed by atoms with Gasteiger partial charge in [-0.25, -0.2) is 0 Å². The van der Waals surface area contributed by atoms with E-state index in [0.717, 1.165) is 57.8 Å². The number of phenols is 1. The molecule has 0 aliphatic heterocycles. The van der Waals surface area contributed by atoms with Crippen molar-refractivity contribution in [3.05, 3.63) is 103 Å². The molecule has 0 fully saturated rings. The lowest BCUT2D eigenvalue weighted by molar-refractivity contribution is 0.0790. The topological polar surface area (TPSA) is 40.5 Å². The van der Waals surface area contributed by atoms with Gasteiger partial charge in [0.2, 0.25) is 0 Å². The second-order valence-electron chi connectivity index (χ2n) is 8.15. The van der Waals surface area contributed by atoms with E-state index < -0.39 is 0 Å². The number of aromatic hydroxyl groups is 1. The highest BCUT2D eigenvalue weighted by Crippen LogP contribution is 2.17. The van der Waals surface area contributed by atoms with Crippen molar-refractivity contribution in [3.8, 4) is 5.75 Å². The Bertz CT molecular complexity index is 843. The van der Waals surface area contributed by atoms with Crippen LogP contribution in [0.25, 0.3) is 0 Å². The zero-order valence-electron chi connectivity index (χ0n) is 21.1. The molecule has 0 spiro atoms. The summed E-state index contributed by atoms with van der Waals surface area (Å²) in [5, 5.41) is 9.80. The molecule has 0 bridgehead atoms. The molecule has 1 rings (SSSR count). The molecule has 0 saturated heterocycles. The van der Waals surface area contributed by atoms with E-state index in [9.17, 15) is 9.90 Å². The van der Waals surface area contributed by atoms with E-state index in [1.54, 1.807) is 36.2 Å². The van der Waals surface area contributed by atoms with E-state index in [1.807, 2.05) is 0 Å². The SMILES string of the molecule is CC/C=C\C/C=C\C/C=C\C/C=C\C/C=C\C/C=C\CCCCN(C)C(=O)c1ccccc1O. The number of para-hydroxylation sites is 1. The van der Waals surface area contributed by atoms with Crippen LogP contribution in [0.5, 0.6) is 5.75 Å². The molecule has 0 aromatic heterocycles. The van der Waals surface area contributed by atoms with Crippen LogP contribution in [0.3, 0.4) is 0 Å². The molecular weight excluding hydrogens is 418 g/mol. The van der Waals surface area contributed by atoms with Crippen LogP contribution in [0.15, 0.2) is 97.2 Å². The van der Waals surface area contributed by atoms with E-state index in [0.29, 0.717) is 12.1 Å². The summed E-state index contributed by atoms with van der Waals surface area (Å²) in [6.45, 7) is 2.84. The van der Waals surface area contributed by atoms with E-state index in [2.05, 4.69) is 79.8 Å². The van der Waals surface area contributed by atoms with Crippen LogP contribution in [-0.2, 0) is 0 Å². The molecule has 1 aromatic rings. The second-order valence-corrected chi connectivity index (χ2v) is 8.15. The number of phenolic OH excluding ortho intramolecular Hbond substituents is 1. The fourth-order valence-electron chi connectivity index (χ4n) is 3.21. The third kappa shape index (κ3) is 14.9. The molecule has 1 aromatic carbocycles. The maximum Gasteiger partial charge on any atom is 0.257 e. The lowest BCUT2D eigenvalue weighted by Gasteiger charge is -2.17. The minimum Gasteiger partial charge on any atom is -0.507 e. The number of rotatable bonds is 17. The maximum absolute atomic E-state index is 12.3. The Hall–Kier alpha value is -3.07. The van der Waals surface area contributed by atoms with Gasteiger partial charge in [-0.05, 0) is 69.9 Å². The van der Waals surface area contributed by atoms with E-state index in [4.69, 9.17) is 0 Å². The highest BCUT2D eigenvalue weighted by atomic mass is 16.3. The van der Waals surface area contributed by atoms with E-state index >= 15 is 0 Å². The Morgan fingerprint density at radius 3 is 1.71 bits per heavy atom. The lowest BCUT2D eigenvalue weighted by Crippen LogP contribution is -2.27. The predicted octanol–water partition coefficient (Wildman–Crippen LogP) is 8.33. The van der Waals surface area contributed by atoms with Crippen LogP contribution >= 0.6 is 0 Å². The largest absolute Gasteiger partial charge is 0.507 e. The van der Waals surface area contributed by atoms with Gasteiger partial charge in [0.15, 0.2) is 0 Å². The molecular formula is C31H43NO2. The summed E-state index contributed by atoms with van der Waals surface area (Å²) < 4.78 is 0. The standard InChI is InChI=1S/C31H43NO2/c1-3-4-5-6-7-8-9-10-11-12-13-14-15-16-17-18-19-20-21-22-25-28-32(2)31(34)29-26-23-24-27-30(29)33/h4-5,7-8,10-11,13-14,16-17,19-20,23-24,26-27,33H,3,6,9,12,15,18,21-22,25,28H2,1-2H3/b5-4-,8-7-,11-10-,14-13-,17-16-,20-19-. The van der Waals surface area contributed by atoms with Gasteiger partial charge in [0.05, 0.1) is 5.56 Å². The maximum atomic E-state index is 12.3. The molecule has 0 radical (unpaired) electrons. The van der Waals surface area contributed by atoms with Gasteiger partial charge in [-0.3, -0.25) is 4.79 Å². The molecule has 0 unspecified atom stereocenters. The molecule has 184 valence electrons. The number of carbonyl (C=O) groups excluding carboxylic acids is 1. The van der Waals surface area contributed by atoms with Gasteiger partial charge < -0.3 is 10.0 Å². The van der Waals surface area contributed by atoms with Crippen LogP contribution in [-0.4, -0.2) is 29.5 Å². The highest BCUT2D eigenvalue weighted by molar-refractivity contribution is 5.96. The van der Waals surface area contributed by atoms with Crippen LogP contribution < -0.4 is 0 Å². The molecule has 3 nitrogen and oxygen atoms in total. The number of unbranched alkanes of at least 4 members (excludes halogenated alkanes) is 2. The Balaban J connectivity index is 2.02. The first kappa shape index (κ1) is 29.0. The van der Waals surface area contributed by atoms with Gasteiger partial charge >= 0.3 is 0 Å². The quantitative estimate of drug-likeness (QED) is 0.187. The van der Waals surface area contributed by atoms with Crippen molar-refractivity contribution in [3.63, 3.8) is 0 Å². The van der Waals surface area contributed by atoms with Crippen LogP contribution in [0.2, 0.25) is 0 Å². The lowest BCUT2D eigenvalue weighted by atomic mass is 10.1. The predicted molar refractivity (Wildman–Crippen MR) is 147 cm³/mol. The van der Waals surface area contributed by atoms with E-state index in [1.165, 1.54) is 0 Å². The summed E-state index contributed by atoms with van der Waals surface area (Å²) in [7, 11) is 1.78. The average molecular weight is 462 g/mol. The molecule has 1 N–H and O–H groups in total. The van der Waals surface area contributed by atoms with Crippen molar-refractivity contribution in [1.29, 1.82) is 0 Å². The second kappa shape index (κ2) is 20.5. The van der Waals surface area contributed by atoms with Crippen LogP contribution in [0.1, 0.15) is 75.1 Å². The summed E-state index contributed by atoms with van der Waals surface area (Å²) >= 11 is 0. The normalized spacial score (nSPS) is 12.5. The van der Waals surface area contributed by atoms with Gasteiger partial charge in [0.1, 0.15) is 5.75 Å². The van der Waals surface area contributed by atoms with Crippen molar-refractivity contribution >= 4 is 5.91 Å². The molecule has 0 aliphatic rings. The van der Waals surface area contributed by atoms with Crippen molar-refractivity contribution < 1.29 is 9.90 Å². The van der Waals surface area contributed by atoms with Gasteiger partial charge in [0, 0.05) is 13.6 Å². The monoisotopic (exact) mass is 461 g/mol. The molecule has 0 atom stereocenters. The minimum absolute atomic E-state index is 0.0392. The number of benzene rings is 1. The van der Waals surface area contributed by atoms with Gasteiger partial charge in [-0.15, -0.1) is 0 Å². The zero-order chi connectivity index (χ0) is 24.7. The van der Waals surface area contributed by atoms with E-state index in [-0.39, 0.29) is 11.7 Å². The summed E-state index contributed by atoms with van der Waals surface area (Å²) in [6, 6.07) is 6.69. The van der Waals surface area contributed by atoms with Gasteiger partial charge in [0.25, 0.3) is 5.91 Å². The smallest absolute Gasteiger partial charge is 0.257 e. The van der Waals surface area contributed by atoms with Crippen molar-refractivity contribution in [2.24, 2.45) is 0 Å². The fraction of sp³-hybridized carbons (Fsp3) is 0.387. The molecule has 1 amide bonds. The van der Waals surface area contributed by atoms with Crippen LogP contribution in [0, 0.1) is 0 Å². The van der Waals surface area contributed by atoms with Gasteiger partial charge in [-0.2, -0.15) is 0 Å². The Labute approximate surface area is 207 Å². The Morgan fingerprint density at radius 1 is 0.735 bits per heavy atom. The first-order chi connectivity index (χ1) is 16.7. The number of carbonyl (C=O) groups is 1. The van der Waals surface area contributed by atoms with Gasteiger partial charge in [-0.1, -0.05) is 92.0 Å². The third-order valence-corrected chi connectivity index (χ3v) is 5.19. The Morgan fingerprint density at radius 2 is 1.21 bits per heavy atom. The Kier molecular flexibility index (Phi) is 17.5. The first-order valence-electron chi connectivity index (χ1n) is 12.6. The summed E-state index contributed by atoms with van der Waals surface area (Å²) in [4.78, 5) is 14.0. The number of amides is 1. The zero-order valence-corrected chi connectivity index (χ0v) is 21.1. The molecule has 3 heteroatoms. The van der Waals surface area contributed by atoms with Crippen LogP contribution in [0.4, 0.5) is 0 Å². The number of hydrogen-bond donors (Lipinski definition) is 1. The highest BCUT2D eigenvalue weighted by Gasteiger charge is 2.14. The summed E-state index contributed by atoms with van der Waals surface area (Å²) in [5.41, 5.74) is 0.363. The summed E-state index contributed by atoms with van der Waals surface area (Å²) in [6.07, 6.45) is 35.6. The van der Waals surface area contributed by atoms with Crippen molar-refractivity contribution in [2.75, 3.05) is 13.6 Å². The molecule has 0 heterocycles. The number of hydrogen-bond acceptors (Lipinski definition) is 2. The minimum atomic E-state index is -0.132. The van der Waals surface area contributed by atoms with Crippen molar-refractivity contribution in [2.45, 2.75) is 64.7 Å². The summed E-state index contributed by atoms with van der Waals surface area (Å²) in [5.74, 6) is -0.0932. The first-order valence-corrected chi connectivity index (χ1v) is 12.6. The molecule has 34 heavy (non-hydrogen) atoms. The number of allylic oxidation sites excluding steroid dienone is 12. The molecule has 0 aliphatic carbocycles. The fourth-order valence-corrected chi connectivity index (χ4v) is 3.21. The average Bonchev–Trinajstić information content (AvgIpc) is 2.84. The number of nitrogens with zero attached hydrogens (tertiary/aromatic N) is 1.